The lowest BCUT2D eigenvalue weighted by atomic mass is 10.5. The molecule has 0 fully saturated rings. The number of imidazole rings is 1. The Labute approximate surface area is 73.8 Å². The van der Waals surface area contributed by atoms with Gasteiger partial charge in [-0.3, -0.25) is 4.57 Å². The predicted octanol–water partition coefficient (Wildman–Crippen LogP) is -0.166. The van der Waals surface area contributed by atoms with Gasteiger partial charge < -0.3 is 11.1 Å². The van der Waals surface area contributed by atoms with Gasteiger partial charge in [0.1, 0.15) is 5.52 Å². The SMILES string of the molecule is Nc1ncc2nc3n(c2n1)CCN3. The Morgan fingerprint density at radius 1 is 1.46 bits per heavy atom. The number of hydrogen-bond acceptors (Lipinski definition) is 5. The monoisotopic (exact) mass is 176 g/mol. The summed E-state index contributed by atoms with van der Waals surface area (Å²) in [6.45, 7) is 1.80. The molecule has 6 nitrogen and oxygen atoms in total. The molecule has 0 bridgehead atoms. The van der Waals surface area contributed by atoms with Gasteiger partial charge in [-0.2, -0.15) is 4.98 Å². The molecular weight excluding hydrogens is 168 g/mol. The molecule has 3 heterocycles. The van der Waals surface area contributed by atoms with Crippen molar-refractivity contribution in [3.63, 3.8) is 0 Å². The first-order valence-electron chi connectivity index (χ1n) is 4.07. The van der Waals surface area contributed by atoms with Crippen molar-refractivity contribution in [2.75, 3.05) is 17.6 Å². The van der Waals surface area contributed by atoms with Gasteiger partial charge in [-0.25, -0.2) is 9.97 Å². The molecule has 2 aromatic rings. The second-order valence-electron chi connectivity index (χ2n) is 2.95. The second kappa shape index (κ2) is 2.09. The van der Waals surface area contributed by atoms with E-state index >= 15 is 0 Å². The van der Waals surface area contributed by atoms with Crippen LogP contribution in [0.15, 0.2) is 6.20 Å². The minimum Gasteiger partial charge on any atom is -0.368 e. The van der Waals surface area contributed by atoms with Gasteiger partial charge in [-0.15, -0.1) is 0 Å². The van der Waals surface area contributed by atoms with Crippen molar-refractivity contribution in [3.05, 3.63) is 6.20 Å². The summed E-state index contributed by atoms with van der Waals surface area (Å²) in [6, 6.07) is 0. The van der Waals surface area contributed by atoms with Crippen molar-refractivity contribution in [2.45, 2.75) is 6.54 Å². The molecule has 0 unspecified atom stereocenters. The Kier molecular flexibility index (Phi) is 1.07. The third-order valence-electron chi connectivity index (χ3n) is 2.12. The van der Waals surface area contributed by atoms with Gasteiger partial charge in [0.05, 0.1) is 6.20 Å². The van der Waals surface area contributed by atoms with Gasteiger partial charge in [0.2, 0.25) is 11.9 Å². The minimum absolute atomic E-state index is 0.294. The third kappa shape index (κ3) is 0.793. The zero-order chi connectivity index (χ0) is 8.84. The third-order valence-corrected chi connectivity index (χ3v) is 2.12. The van der Waals surface area contributed by atoms with Crippen molar-refractivity contribution >= 4 is 23.1 Å². The van der Waals surface area contributed by atoms with E-state index in [1.54, 1.807) is 6.20 Å². The van der Waals surface area contributed by atoms with Crippen LogP contribution in [0.25, 0.3) is 11.2 Å². The highest BCUT2D eigenvalue weighted by molar-refractivity contribution is 5.75. The molecule has 1 aliphatic heterocycles. The molecule has 1 aliphatic rings. The Morgan fingerprint density at radius 2 is 2.38 bits per heavy atom. The van der Waals surface area contributed by atoms with E-state index in [1.807, 2.05) is 4.57 Å². The molecular formula is C7H8N6. The van der Waals surface area contributed by atoms with Crippen LogP contribution >= 0.6 is 0 Å². The van der Waals surface area contributed by atoms with E-state index in [-0.39, 0.29) is 0 Å². The maximum atomic E-state index is 5.49. The minimum atomic E-state index is 0.294. The van der Waals surface area contributed by atoms with Gasteiger partial charge in [-0.05, 0) is 0 Å². The predicted molar refractivity (Wildman–Crippen MR) is 48.2 cm³/mol. The van der Waals surface area contributed by atoms with Crippen LogP contribution in [0.3, 0.4) is 0 Å². The standard InChI is InChI=1S/C7H8N6/c8-6-10-3-4-5(12-6)13-2-1-9-7(13)11-4/h3H,1-2H2,(H,9,11)(H2,8,10,12). The highest BCUT2D eigenvalue weighted by Gasteiger charge is 2.16. The van der Waals surface area contributed by atoms with Gasteiger partial charge in [0.25, 0.3) is 0 Å². The van der Waals surface area contributed by atoms with Crippen LogP contribution in [-0.2, 0) is 6.54 Å². The fourth-order valence-corrected chi connectivity index (χ4v) is 1.56. The number of nitrogens with one attached hydrogen (secondary N) is 1. The Balaban J connectivity index is 2.40. The lowest BCUT2D eigenvalue weighted by molar-refractivity contribution is 0.826. The molecule has 0 aliphatic carbocycles. The summed E-state index contributed by atoms with van der Waals surface area (Å²) in [5, 5.41) is 3.15. The van der Waals surface area contributed by atoms with Crippen molar-refractivity contribution in [2.24, 2.45) is 0 Å². The molecule has 0 saturated heterocycles. The van der Waals surface area contributed by atoms with Crippen LogP contribution in [0.5, 0.6) is 0 Å². The smallest absolute Gasteiger partial charge is 0.222 e. The first kappa shape index (κ1) is 6.64. The first-order chi connectivity index (χ1) is 6.34. The molecule has 0 amide bonds. The summed E-state index contributed by atoms with van der Waals surface area (Å²) >= 11 is 0. The molecule has 0 saturated carbocycles. The van der Waals surface area contributed by atoms with Crippen LogP contribution < -0.4 is 11.1 Å². The first-order valence-corrected chi connectivity index (χ1v) is 4.07. The van der Waals surface area contributed by atoms with E-state index in [1.165, 1.54) is 0 Å². The van der Waals surface area contributed by atoms with Crippen LogP contribution in [0.4, 0.5) is 11.9 Å². The van der Waals surface area contributed by atoms with E-state index in [9.17, 15) is 0 Å². The number of nitrogen functional groups attached to an aromatic ring is 1. The lowest BCUT2D eigenvalue weighted by Gasteiger charge is -1.95. The fraction of sp³-hybridized carbons (Fsp3) is 0.286. The molecule has 0 atom stereocenters. The van der Waals surface area contributed by atoms with E-state index < -0.39 is 0 Å². The van der Waals surface area contributed by atoms with Crippen LogP contribution in [0.2, 0.25) is 0 Å². The van der Waals surface area contributed by atoms with Crippen LogP contribution in [0, 0.1) is 0 Å². The molecule has 6 heteroatoms. The maximum Gasteiger partial charge on any atom is 0.222 e. The number of anilines is 2. The Bertz CT molecular complexity index is 473. The largest absolute Gasteiger partial charge is 0.368 e. The summed E-state index contributed by atoms with van der Waals surface area (Å²) in [4.78, 5) is 12.3. The topological polar surface area (TPSA) is 81.7 Å². The average Bonchev–Trinajstić information content (AvgIpc) is 2.64. The van der Waals surface area contributed by atoms with Crippen molar-refractivity contribution in [1.82, 2.24) is 19.5 Å². The van der Waals surface area contributed by atoms with Crippen molar-refractivity contribution in [1.29, 1.82) is 0 Å². The lowest BCUT2D eigenvalue weighted by Crippen LogP contribution is -1.99. The number of rotatable bonds is 0. The number of fused-ring (bicyclic) bond motifs is 3. The molecule has 2 aromatic heterocycles. The van der Waals surface area contributed by atoms with Crippen LogP contribution in [-0.4, -0.2) is 26.1 Å². The van der Waals surface area contributed by atoms with Gasteiger partial charge in [0.15, 0.2) is 5.65 Å². The summed E-state index contributed by atoms with van der Waals surface area (Å²) < 4.78 is 2.01. The zero-order valence-corrected chi connectivity index (χ0v) is 6.86. The van der Waals surface area contributed by atoms with Gasteiger partial charge >= 0.3 is 0 Å². The van der Waals surface area contributed by atoms with Crippen molar-refractivity contribution < 1.29 is 0 Å². The molecule has 0 spiro atoms. The summed E-state index contributed by atoms with van der Waals surface area (Å²) in [6.07, 6.45) is 1.64. The van der Waals surface area contributed by atoms with Crippen molar-refractivity contribution in [3.8, 4) is 0 Å². The van der Waals surface area contributed by atoms with E-state index in [2.05, 4.69) is 20.3 Å². The number of aromatic nitrogens is 4. The Hall–Kier alpha value is -1.85. The molecule has 66 valence electrons. The number of nitrogens with zero attached hydrogens (tertiary/aromatic N) is 4. The zero-order valence-electron chi connectivity index (χ0n) is 6.86. The van der Waals surface area contributed by atoms with Gasteiger partial charge in [-0.1, -0.05) is 0 Å². The quantitative estimate of drug-likeness (QED) is 0.582. The van der Waals surface area contributed by atoms with E-state index in [0.29, 0.717) is 5.95 Å². The highest BCUT2D eigenvalue weighted by atomic mass is 15.3. The molecule has 3 N–H and O–H groups in total. The van der Waals surface area contributed by atoms with Crippen LogP contribution in [0.1, 0.15) is 0 Å². The van der Waals surface area contributed by atoms with E-state index in [0.717, 1.165) is 30.2 Å². The van der Waals surface area contributed by atoms with E-state index in [4.69, 9.17) is 5.73 Å². The summed E-state index contributed by atoms with van der Waals surface area (Å²) in [7, 11) is 0. The molecule has 0 aromatic carbocycles. The fourth-order valence-electron chi connectivity index (χ4n) is 1.56. The molecule has 3 rings (SSSR count). The number of hydrogen-bond donors (Lipinski definition) is 2. The van der Waals surface area contributed by atoms with Gasteiger partial charge in [0, 0.05) is 13.1 Å². The maximum absolute atomic E-state index is 5.49. The molecule has 13 heavy (non-hydrogen) atoms. The summed E-state index contributed by atoms with van der Waals surface area (Å²) in [5.74, 6) is 1.15. The average molecular weight is 176 g/mol. The second-order valence-corrected chi connectivity index (χ2v) is 2.95. The number of nitrogens with two attached hydrogens (primary N) is 1. The Morgan fingerprint density at radius 3 is 3.31 bits per heavy atom. The highest BCUT2D eigenvalue weighted by Crippen LogP contribution is 2.20. The normalized spacial score (nSPS) is 14.5. The summed E-state index contributed by atoms with van der Waals surface area (Å²) in [5.41, 5.74) is 7.09. The molecule has 0 radical (unpaired) electrons.